The highest BCUT2D eigenvalue weighted by molar-refractivity contribution is 6.42. The van der Waals surface area contributed by atoms with Crippen LogP contribution in [-0.2, 0) is 20.4 Å². The summed E-state index contributed by atoms with van der Waals surface area (Å²) in [7, 11) is 1.46. The number of rotatable bonds is 10. The van der Waals surface area contributed by atoms with Gasteiger partial charge < -0.3 is 14.5 Å². The number of likely N-dealkylation sites (tertiary alicyclic amines) is 3. The first kappa shape index (κ1) is 42.3. The molecule has 5 atom stereocenters. The van der Waals surface area contributed by atoms with Gasteiger partial charge in [-0.05, 0) is 97.4 Å². The lowest BCUT2D eigenvalue weighted by Gasteiger charge is -2.51. The summed E-state index contributed by atoms with van der Waals surface area (Å²) in [4.78, 5) is 48.6. The number of carbonyl (C=O) groups excluding carboxylic acids is 3. The lowest BCUT2D eigenvalue weighted by Crippen LogP contribution is -2.58. The van der Waals surface area contributed by atoms with Crippen LogP contribution in [0.4, 0.5) is 0 Å². The molecule has 0 spiro atoms. The Bertz CT molecular complexity index is 2350. The van der Waals surface area contributed by atoms with Crippen molar-refractivity contribution in [1.29, 1.82) is 0 Å². The van der Waals surface area contributed by atoms with Crippen molar-refractivity contribution in [1.82, 2.24) is 14.7 Å². The van der Waals surface area contributed by atoms with E-state index < -0.39 is 10.8 Å². The maximum absolute atomic E-state index is 14.4. The number of halogens is 4. The Labute approximate surface area is 372 Å². The number of amides is 2. The van der Waals surface area contributed by atoms with Crippen molar-refractivity contribution in [2.75, 3.05) is 46.4 Å². The number of piperidine rings is 1. The van der Waals surface area contributed by atoms with E-state index in [9.17, 15) is 14.4 Å². The fourth-order valence-corrected chi connectivity index (χ4v) is 10.8. The highest BCUT2D eigenvalue weighted by atomic mass is 35.5. The highest BCUT2D eigenvalue weighted by Gasteiger charge is 2.55. The second-order valence-corrected chi connectivity index (χ2v) is 18.2. The first-order valence-corrected chi connectivity index (χ1v) is 22.0. The Kier molecular flexibility index (Phi) is 12.6. The van der Waals surface area contributed by atoms with E-state index in [0.29, 0.717) is 96.2 Å². The third kappa shape index (κ3) is 8.32. The van der Waals surface area contributed by atoms with Crippen molar-refractivity contribution < 1.29 is 19.1 Å². The zero-order valence-electron chi connectivity index (χ0n) is 33.4. The summed E-state index contributed by atoms with van der Waals surface area (Å²) >= 11 is 26.9. The predicted molar refractivity (Wildman–Crippen MR) is 239 cm³/mol. The molecule has 310 valence electrons. The minimum absolute atomic E-state index is 0.0307. The molecule has 2 amide bonds. The van der Waals surface area contributed by atoms with Gasteiger partial charge in [0.15, 0.2) is 0 Å². The van der Waals surface area contributed by atoms with Crippen LogP contribution in [0.3, 0.4) is 0 Å². The van der Waals surface area contributed by atoms with Crippen molar-refractivity contribution in [2.24, 2.45) is 5.92 Å². The van der Waals surface area contributed by atoms with Gasteiger partial charge in [0.05, 0.1) is 33.1 Å². The van der Waals surface area contributed by atoms with Gasteiger partial charge in [0, 0.05) is 66.6 Å². The number of carbonyl (C=O) groups is 3. The molecule has 5 aromatic carbocycles. The van der Waals surface area contributed by atoms with Gasteiger partial charge in [0.25, 0.3) is 11.8 Å². The van der Waals surface area contributed by atoms with Gasteiger partial charge in [-0.3, -0.25) is 19.3 Å². The van der Waals surface area contributed by atoms with Crippen molar-refractivity contribution in [3.05, 3.63) is 175 Å². The minimum atomic E-state index is -0.655. The van der Waals surface area contributed by atoms with Gasteiger partial charge in [-0.1, -0.05) is 125 Å². The monoisotopic (exact) mass is 881 g/mol. The molecule has 0 radical (unpaired) electrons. The Balaban J connectivity index is 1.29. The van der Waals surface area contributed by atoms with Crippen LogP contribution in [0.2, 0.25) is 20.1 Å². The first-order chi connectivity index (χ1) is 29.0. The molecular weight excluding hydrogens is 836 g/mol. The normalized spacial score (nSPS) is 23.7. The second kappa shape index (κ2) is 17.9. The molecule has 0 saturated carbocycles. The molecule has 0 N–H and O–H groups in total. The zero-order valence-corrected chi connectivity index (χ0v) is 36.4. The number of ether oxygens (including phenoxy) is 1. The van der Waals surface area contributed by atoms with Crippen LogP contribution in [0, 0.1) is 5.92 Å². The average Bonchev–Trinajstić information content (AvgIpc) is 3.94. The van der Waals surface area contributed by atoms with Crippen LogP contribution in [-0.4, -0.2) is 84.9 Å². The van der Waals surface area contributed by atoms with Crippen molar-refractivity contribution >= 4 is 64.2 Å². The average molecular weight is 884 g/mol. The quantitative estimate of drug-likeness (QED) is 0.131. The summed E-state index contributed by atoms with van der Waals surface area (Å²) in [5.74, 6) is -0.799. The molecule has 5 unspecified atom stereocenters. The number of hydrogen-bond donors (Lipinski definition) is 0. The Hall–Kier alpha value is -4.37. The number of nitrogens with zero attached hydrogens (tertiary/aromatic N) is 3. The Morgan fingerprint density at radius 1 is 0.650 bits per heavy atom. The van der Waals surface area contributed by atoms with Crippen molar-refractivity contribution in [2.45, 2.75) is 48.5 Å². The van der Waals surface area contributed by atoms with Gasteiger partial charge in [-0.15, -0.1) is 0 Å². The lowest BCUT2D eigenvalue weighted by atomic mass is 9.64. The van der Waals surface area contributed by atoms with E-state index >= 15 is 0 Å². The van der Waals surface area contributed by atoms with Crippen LogP contribution in [0.5, 0.6) is 0 Å². The Morgan fingerprint density at radius 3 is 1.77 bits per heavy atom. The zero-order chi connectivity index (χ0) is 42.0. The number of esters is 1. The van der Waals surface area contributed by atoms with E-state index in [1.165, 1.54) is 7.11 Å². The molecular formula is C49H47Cl4N3O4. The largest absolute Gasteiger partial charge is 0.469 e. The van der Waals surface area contributed by atoms with Crippen LogP contribution in [0.1, 0.15) is 69.0 Å². The molecule has 3 aliphatic heterocycles. The maximum atomic E-state index is 14.4. The Morgan fingerprint density at radius 2 is 1.18 bits per heavy atom. The molecule has 0 aromatic heterocycles. The van der Waals surface area contributed by atoms with Gasteiger partial charge >= 0.3 is 5.97 Å². The van der Waals surface area contributed by atoms with Gasteiger partial charge in [0.1, 0.15) is 0 Å². The third-order valence-corrected chi connectivity index (χ3v) is 14.8. The standard InChI is InChI=1S/C49H47Cl4N3O4/c1-60-47(59)38-21-24-54(30-39(38)33-11-5-2-6-12-33)44(49(37-18-20-41(51)43(53)28-37)23-26-56(32-49)46(58)35-15-9-4-10-16-35)29-48(36-17-19-40(50)42(52)27-36)22-25-55(31-48)45(57)34-13-7-3-8-14-34/h2-20,27-28,38-39,44H,21-26,29-32H2,1H3. The summed E-state index contributed by atoms with van der Waals surface area (Å²) in [6, 6.07) is 40.5. The fraction of sp³-hybridized carbons (Fsp3) is 0.327. The number of benzene rings is 5. The fourth-order valence-electron chi connectivity index (χ4n) is 10.2. The van der Waals surface area contributed by atoms with E-state index in [1.807, 2.05) is 119 Å². The smallest absolute Gasteiger partial charge is 0.309 e. The summed E-state index contributed by atoms with van der Waals surface area (Å²) < 4.78 is 5.42. The van der Waals surface area contributed by atoms with Crippen LogP contribution in [0.25, 0.3) is 0 Å². The van der Waals surface area contributed by atoms with Crippen LogP contribution in [0.15, 0.2) is 127 Å². The van der Waals surface area contributed by atoms with Crippen LogP contribution >= 0.6 is 46.4 Å². The SMILES string of the molecule is COC(=O)C1CCN(C(CC2(c3ccc(Cl)c(Cl)c3)CCN(C(=O)c3ccccc3)C2)C2(c3ccc(Cl)c(Cl)c3)CCN(C(=O)c3ccccc3)C2)CC1c1ccccc1. The van der Waals surface area contributed by atoms with Gasteiger partial charge in [-0.25, -0.2) is 0 Å². The van der Waals surface area contributed by atoms with Gasteiger partial charge in [-0.2, -0.15) is 0 Å². The number of methoxy groups -OCH3 is 1. The third-order valence-electron chi connectivity index (χ3n) is 13.3. The molecule has 8 rings (SSSR count). The lowest BCUT2D eigenvalue weighted by molar-refractivity contribution is -0.148. The molecule has 11 heteroatoms. The molecule has 3 heterocycles. The van der Waals surface area contributed by atoms with Crippen molar-refractivity contribution in [3.8, 4) is 0 Å². The first-order valence-electron chi connectivity index (χ1n) is 20.5. The molecule has 7 nitrogen and oxygen atoms in total. The van der Waals surface area contributed by atoms with E-state index in [1.54, 1.807) is 0 Å². The van der Waals surface area contributed by atoms with Crippen LogP contribution < -0.4 is 0 Å². The highest BCUT2D eigenvalue weighted by Crippen LogP contribution is 2.51. The predicted octanol–water partition coefficient (Wildman–Crippen LogP) is 10.6. The molecule has 0 bridgehead atoms. The van der Waals surface area contributed by atoms with E-state index in [-0.39, 0.29) is 35.7 Å². The van der Waals surface area contributed by atoms with E-state index in [0.717, 1.165) is 16.7 Å². The molecule has 3 fully saturated rings. The molecule has 0 aliphatic carbocycles. The maximum Gasteiger partial charge on any atom is 0.309 e. The van der Waals surface area contributed by atoms with E-state index in [2.05, 4.69) is 23.1 Å². The topological polar surface area (TPSA) is 70.2 Å². The number of hydrogen-bond acceptors (Lipinski definition) is 5. The summed E-state index contributed by atoms with van der Waals surface area (Å²) in [5.41, 5.74) is 3.06. The summed E-state index contributed by atoms with van der Waals surface area (Å²) in [6.07, 6.45) is 2.49. The van der Waals surface area contributed by atoms with Gasteiger partial charge in [0.2, 0.25) is 0 Å². The second-order valence-electron chi connectivity index (χ2n) is 16.5. The summed E-state index contributed by atoms with van der Waals surface area (Å²) in [5, 5.41) is 1.78. The van der Waals surface area contributed by atoms with E-state index in [4.69, 9.17) is 51.1 Å². The summed E-state index contributed by atoms with van der Waals surface area (Å²) in [6.45, 7) is 3.09. The minimum Gasteiger partial charge on any atom is -0.469 e. The van der Waals surface area contributed by atoms with Crippen molar-refractivity contribution in [3.63, 3.8) is 0 Å². The molecule has 3 saturated heterocycles. The molecule has 3 aliphatic rings. The molecule has 5 aromatic rings. The molecule has 60 heavy (non-hydrogen) atoms.